The molecule has 2 aromatic rings. The molecule has 5 N–H and O–H groups in total. The second-order valence-corrected chi connectivity index (χ2v) is 7.31. The van der Waals surface area contributed by atoms with Gasteiger partial charge in [-0.05, 0) is 67.3 Å². The number of ketones is 1. The van der Waals surface area contributed by atoms with E-state index in [1.807, 2.05) is 13.0 Å². The van der Waals surface area contributed by atoms with Gasteiger partial charge in [-0.15, -0.1) is 0 Å². The van der Waals surface area contributed by atoms with E-state index in [0.29, 0.717) is 53.2 Å². The van der Waals surface area contributed by atoms with Crippen molar-refractivity contribution in [2.45, 2.75) is 32.6 Å². The van der Waals surface area contributed by atoms with Gasteiger partial charge in [-0.2, -0.15) is 0 Å². The number of nitrogens with one attached hydrogen (secondary N) is 1. The lowest BCUT2D eigenvalue weighted by Gasteiger charge is -2.17. The molecule has 0 aromatic heterocycles. The molecule has 0 saturated heterocycles. The first-order valence-electron chi connectivity index (χ1n) is 9.71. The van der Waals surface area contributed by atoms with Crippen molar-refractivity contribution in [3.63, 3.8) is 0 Å². The minimum Gasteiger partial charge on any atom is -0.508 e. The lowest BCUT2D eigenvalue weighted by Crippen LogP contribution is -2.09. The first-order valence-corrected chi connectivity index (χ1v) is 9.71. The Morgan fingerprint density at radius 3 is 2.79 bits per heavy atom. The van der Waals surface area contributed by atoms with Gasteiger partial charge in [0.2, 0.25) is 0 Å². The molecule has 0 amide bonds. The van der Waals surface area contributed by atoms with Gasteiger partial charge in [0.1, 0.15) is 11.5 Å². The quantitative estimate of drug-likeness (QED) is 0.262. The first kappa shape index (κ1) is 18.8. The number of hydrogen-bond acceptors (Lipinski definition) is 6. The molecule has 6 bridgehead atoms. The predicted octanol–water partition coefficient (Wildman–Crippen LogP) is 4.46. The number of carbonyl (C=O) groups is 1. The molecule has 4 rings (SSSR count). The summed E-state index contributed by atoms with van der Waals surface area (Å²) in [7, 11) is 0. The van der Waals surface area contributed by atoms with Crippen molar-refractivity contribution < 1.29 is 15.0 Å². The Morgan fingerprint density at radius 2 is 2.00 bits per heavy atom. The van der Waals surface area contributed by atoms with Crippen LogP contribution in [-0.4, -0.2) is 21.7 Å². The number of phenols is 2. The zero-order chi connectivity index (χ0) is 20.5. The smallest absolute Gasteiger partial charge is 0.181 e. The fraction of sp³-hybridized carbons (Fsp3) is 0.217. The summed E-state index contributed by atoms with van der Waals surface area (Å²) in [6.07, 6.45) is 7.36. The Balaban J connectivity index is 1.95. The summed E-state index contributed by atoms with van der Waals surface area (Å²) >= 11 is 0. The Bertz CT molecular complexity index is 1100. The summed E-state index contributed by atoms with van der Waals surface area (Å²) in [6, 6.07) is 6.88. The molecule has 6 heteroatoms. The van der Waals surface area contributed by atoms with Crippen molar-refractivity contribution in [2.24, 2.45) is 4.99 Å². The van der Waals surface area contributed by atoms with Crippen molar-refractivity contribution >= 4 is 34.2 Å². The van der Waals surface area contributed by atoms with Crippen molar-refractivity contribution in [2.75, 3.05) is 11.1 Å². The third kappa shape index (κ3) is 3.61. The molecule has 2 aromatic carbocycles. The SMILES string of the molecule is CCCc1c(N)c2cc(c1O)Nc1ccc(O)c(c1)CCC1=CC(=N2)C=CC1=O. The maximum Gasteiger partial charge on any atom is 0.181 e. The average molecular weight is 389 g/mol. The van der Waals surface area contributed by atoms with Crippen LogP contribution in [0.3, 0.4) is 0 Å². The van der Waals surface area contributed by atoms with E-state index in [0.717, 1.165) is 17.7 Å². The van der Waals surface area contributed by atoms with Crippen LogP contribution in [0.25, 0.3) is 0 Å². The van der Waals surface area contributed by atoms with Gasteiger partial charge in [0.25, 0.3) is 0 Å². The van der Waals surface area contributed by atoms with E-state index >= 15 is 0 Å². The monoisotopic (exact) mass is 389 g/mol. The second-order valence-electron chi connectivity index (χ2n) is 7.31. The van der Waals surface area contributed by atoms with E-state index in [1.54, 1.807) is 30.4 Å². The van der Waals surface area contributed by atoms with E-state index in [4.69, 9.17) is 5.73 Å². The number of aliphatic imine (C=N–C) groups is 1. The number of phenolic OH excluding ortho intramolecular Hbond substituents is 2. The predicted molar refractivity (Wildman–Crippen MR) is 116 cm³/mol. The maximum atomic E-state index is 12.3. The molecule has 1 aliphatic heterocycles. The zero-order valence-electron chi connectivity index (χ0n) is 16.2. The number of nitrogens with two attached hydrogens (primary N) is 1. The molecule has 29 heavy (non-hydrogen) atoms. The summed E-state index contributed by atoms with van der Waals surface area (Å²) < 4.78 is 0. The minimum absolute atomic E-state index is 0.0568. The zero-order valence-corrected chi connectivity index (χ0v) is 16.2. The van der Waals surface area contributed by atoms with Gasteiger partial charge in [0.05, 0.1) is 22.8 Å². The Hall–Kier alpha value is -3.54. The number of fused-ring (bicyclic) bond motifs is 5. The number of nitrogens with zero attached hydrogens (tertiary/aromatic N) is 1. The highest BCUT2D eigenvalue weighted by Gasteiger charge is 2.19. The molecule has 0 fully saturated rings. The lowest BCUT2D eigenvalue weighted by molar-refractivity contribution is -0.111. The maximum absolute atomic E-state index is 12.3. The number of anilines is 3. The highest BCUT2D eigenvalue weighted by molar-refractivity contribution is 6.20. The number of nitrogen functional groups attached to an aromatic ring is 1. The summed E-state index contributed by atoms with van der Waals surface area (Å²) in [5.41, 5.74) is 11.2. The summed E-state index contributed by atoms with van der Waals surface area (Å²) in [5.74, 6) is 0.217. The Morgan fingerprint density at radius 1 is 1.17 bits per heavy atom. The summed E-state index contributed by atoms with van der Waals surface area (Å²) in [5, 5.41) is 24.3. The van der Waals surface area contributed by atoms with Gasteiger partial charge in [-0.3, -0.25) is 4.79 Å². The van der Waals surface area contributed by atoms with E-state index < -0.39 is 0 Å². The number of benzene rings is 2. The van der Waals surface area contributed by atoms with Gasteiger partial charge in [-0.25, -0.2) is 4.99 Å². The third-order valence-corrected chi connectivity index (χ3v) is 5.24. The van der Waals surface area contributed by atoms with Crippen LogP contribution in [0.2, 0.25) is 0 Å². The number of carbonyl (C=O) groups excluding carboxylic acids is 1. The molecule has 0 radical (unpaired) electrons. The molecular weight excluding hydrogens is 366 g/mol. The summed E-state index contributed by atoms with van der Waals surface area (Å²) in [4.78, 5) is 16.9. The number of rotatable bonds is 2. The number of aryl methyl sites for hydroxylation is 1. The Labute approximate surface area is 169 Å². The Kier molecular flexibility index (Phi) is 4.84. The molecule has 148 valence electrons. The van der Waals surface area contributed by atoms with Gasteiger partial charge in [-0.1, -0.05) is 13.3 Å². The third-order valence-electron chi connectivity index (χ3n) is 5.24. The molecule has 0 unspecified atom stereocenters. The van der Waals surface area contributed by atoms with Crippen LogP contribution in [0.4, 0.5) is 22.7 Å². The molecule has 0 atom stereocenters. The van der Waals surface area contributed by atoms with Crippen LogP contribution in [0, 0.1) is 0 Å². The molecule has 0 spiro atoms. The van der Waals surface area contributed by atoms with Gasteiger partial charge < -0.3 is 21.3 Å². The molecule has 0 saturated carbocycles. The standard InChI is InChI=1S/C23H23N3O3/c1-2-3-17-22(24)18-12-19(23(17)29)26-16-7-9-21(28)14(11-16)5-4-13-10-15(25-18)6-8-20(13)27/h6-12,26,28-29H,2-5,24H2,1H3. The summed E-state index contributed by atoms with van der Waals surface area (Å²) in [6.45, 7) is 2.02. The van der Waals surface area contributed by atoms with Crippen molar-refractivity contribution in [3.05, 3.63) is 59.2 Å². The van der Waals surface area contributed by atoms with Crippen LogP contribution in [-0.2, 0) is 17.6 Å². The largest absolute Gasteiger partial charge is 0.508 e. The van der Waals surface area contributed by atoms with E-state index in [2.05, 4.69) is 10.3 Å². The normalized spacial score (nSPS) is 15.4. The topological polar surface area (TPSA) is 108 Å². The van der Waals surface area contributed by atoms with E-state index in [1.165, 1.54) is 6.08 Å². The van der Waals surface area contributed by atoms with Gasteiger partial charge in [0, 0.05) is 16.8 Å². The molecule has 6 nitrogen and oxygen atoms in total. The second kappa shape index (κ2) is 7.47. The fourth-order valence-electron chi connectivity index (χ4n) is 3.68. The molecule has 2 aliphatic rings. The van der Waals surface area contributed by atoms with E-state index in [-0.39, 0.29) is 17.3 Å². The minimum atomic E-state index is -0.0568. The fourth-order valence-corrected chi connectivity index (χ4v) is 3.68. The molecule has 1 heterocycles. The number of aromatic hydroxyl groups is 2. The van der Waals surface area contributed by atoms with Crippen molar-refractivity contribution in [3.8, 4) is 11.5 Å². The van der Waals surface area contributed by atoms with Crippen LogP contribution >= 0.6 is 0 Å². The molecule has 1 aliphatic carbocycles. The lowest BCUT2D eigenvalue weighted by atomic mass is 9.96. The highest BCUT2D eigenvalue weighted by atomic mass is 16.3. The highest BCUT2D eigenvalue weighted by Crippen LogP contribution is 2.42. The average Bonchev–Trinajstić information content (AvgIpc) is 2.71. The van der Waals surface area contributed by atoms with Crippen molar-refractivity contribution in [1.29, 1.82) is 0 Å². The molecular formula is C23H23N3O3. The van der Waals surface area contributed by atoms with Crippen LogP contribution in [0.1, 0.15) is 30.9 Å². The van der Waals surface area contributed by atoms with Gasteiger partial charge in [0.15, 0.2) is 5.78 Å². The van der Waals surface area contributed by atoms with Crippen molar-refractivity contribution in [1.82, 2.24) is 0 Å². The van der Waals surface area contributed by atoms with Crippen LogP contribution < -0.4 is 11.1 Å². The van der Waals surface area contributed by atoms with Gasteiger partial charge >= 0.3 is 0 Å². The number of hydrogen-bond donors (Lipinski definition) is 4. The van der Waals surface area contributed by atoms with Crippen LogP contribution in [0.5, 0.6) is 11.5 Å². The number of allylic oxidation sites excluding steroid dienone is 4. The van der Waals surface area contributed by atoms with E-state index in [9.17, 15) is 15.0 Å². The van der Waals surface area contributed by atoms with Crippen LogP contribution in [0.15, 0.2) is 53.1 Å². The first-order chi connectivity index (χ1) is 14.0.